The molecule has 84 valence electrons. The van der Waals surface area contributed by atoms with Gasteiger partial charge in [-0.05, 0) is 32.9 Å². The summed E-state index contributed by atoms with van der Waals surface area (Å²) in [6.45, 7) is 7.73. The molecule has 0 saturated heterocycles. The van der Waals surface area contributed by atoms with Crippen LogP contribution in [0.2, 0.25) is 0 Å². The highest BCUT2D eigenvalue weighted by Crippen LogP contribution is 2.05. The van der Waals surface area contributed by atoms with Crippen LogP contribution in [0.3, 0.4) is 0 Å². The van der Waals surface area contributed by atoms with E-state index in [0.717, 1.165) is 24.5 Å². The summed E-state index contributed by atoms with van der Waals surface area (Å²) < 4.78 is 5.32. The molecule has 15 heavy (non-hydrogen) atoms. The lowest BCUT2D eigenvalue weighted by Crippen LogP contribution is -2.36. The zero-order valence-electron chi connectivity index (χ0n) is 10.0. The molecule has 0 spiro atoms. The predicted molar refractivity (Wildman–Crippen MR) is 61.8 cm³/mol. The highest BCUT2D eigenvalue weighted by molar-refractivity contribution is 5.09. The molecule has 0 amide bonds. The zero-order chi connectivity index (χ0) is 11.3. The standard InChI is InChI=1S/C12H20N2O/c1-10-6-5-7-11(14-10)8-13-9-12(2,3)15-4/h5-7,13H,8-9H2,1-4H3. The van der Waals surface area contributed by atoms with Gasteiger partial charge in [0.25, 0.3) is 0 Å². The van der Waals surface area contributed by atoms with Crippen molar-refractivity contribution < 1.29 is 4.74 Å². The van der Waals surface area contributed by atoms with Gasteiger partial charge in [0.1, 0.15) is 0 Å². The molecule has 0 radical (unpaired) electrons. The third-order valence-electron chi connectivity index (χ3n) is 2.36. The molecular formula is C12H20N2O. The van der Waals surface area contributed by atoms with Crippen molar-refractivity contribution in [1.82, 2.24) is 10.3 Å². The highest BCUT2D eigenvalue weighted by atomic mass is 16.5. The summed E-state index contributed by atoms with van der Waals surface area (Å²) in [5, 5.41) is 3.33. The van der Waals surface area contributed by atoms with Gasteiger partial charge in [0, 0.05) is 25.9 Å². The van der Waals surface area contributed by atoms with Gasteiger partial charge in [0.2, 0.25) is 0 Å². The molecule has 3 heteroatoms. The Labute approximate surface area is 91.9 Å². The van der Waals surface area contributed by atoms with Gasteiger partial charge in [0.15, 0.2) is 0 Å². The van der Waals surface area contributed by atoms with Gasteiger partial charge in [-0.1, -0.05) is 6.07 Å². The van der Waals surface area contributed by atoms with Gasteiger partial charge in [-0.25, -0.2) is 0 Å². The average molecular weight is 208 g/mol. The number of aryl methyl sites for hydroxylation is 1. The number of methoxy groups -OCH3 is 1. The summed E-state index contributed by atoms with van der Waals surface area (Å²) in [5.74, 6) is 0. The van der Waals surface area contributed by atoms with Crippen molar-refractivity contribution in [1.29, 1.82) is 0 Å². The number of hydrogen-bond donors (Lipinski definition) is 1. The van der Waals surface area contributed by atoms with Gasteiger partial charge >= 0.3 is 0 Å². The predicted octanol–water partition coefficient (Wildman–Crippen LogP) is 1.90. The molecule has 1 rings (SSSR count). The van der Waals surface area contributed by atoms with Crippen LogP contribution in [-0.2, 0) is 11.3 Å². The minimum Gasteiger partial charge on any atom is -0.377 e. The monoisotopic (exact) mass is 208 g/mol. The number of pyridine rings is 1. The summed E-state index contributed by atoms with van der Waals surface area (Å²) in [4.78, 5) is 4.42. The Balaban J connectivity index is 2.38. The van der Waals surface area contributed by atoms with E-state index in [4.69, 9.17) is 4.74 Å². The molecule has 0 aliphatic rings. The average Bonchev–Trinajstić information content (AvgIpc) is 2.18. The van der Waals surface area contributed by atoms with Crippen LogP contribution in [0.25, 0.3) is 0 Å². The van der Waals surface area contributed by atoms with Crippen LogP contribution in [0, 0.1) is 6.92 Å². The van der Waals surface area contributed by atoms with E-state index >= 15 is 0 Å². The first-order valence-electron chi connectivity index (χ1n) is 5.22. The maximum atomic E-state index is 5.32. The summed E-state index contributed by atoms with van der Waals surface area (Å²) >= 11 is 0. The first kappa shape index (κ1) is 12.1. The van der Waals surface area contributed by atoms with E-state index in [9.17, 15) is 0 Å². The molecule has 1 N–H and O–H groups in total. The molecule has 0 saturated carbocycles. The lowest BCUT2D eigenvalue weighted by molar-refractivity contribution is 0.0230. The number of nitrogens with zero attached hydrogens (tertiary/aromatic N) is 1. The molecule has 0 bridgehead atoms. The van der Waals surface area contributed by atoms with E-state index in [2.05, 4.69) is 24.1 Å². The largest absolute Gasteiger partial charge is 0.377 e. The Kier molecular flexibility index (Phi) is 4.24. The lowest BCUT2D eigenvalue weighted by atomic mass is 10.1. The van der Waals surface area contributed by atoms with Gasteiger partial charge in [-0.15, -0.1) is 0 Å². The van der Waals surface area contributed by atoms with E-state index in [0.29, 0.717) is 0 Å². The Bertz CT molecular complexity index is 310. The third-order valence-corrected chi connectivity index (χ3v) is 2.36. The number of hydrogen-bond acceptors (Lipinski definition) is 3. The molecule has 0 aliphatic heterocycles. The molecule has 1 heterocycles. The Hall–Kier alpha value is -0.930. The Morgan fingerprint density at radius 1 is 1.40 bits per heavy atom. The molecule has 0 fully saturated rings. The maximum absolute atomic E-state index is 5.32. The topological polar surface area (TPSA) is 34.1 Å². The van der Waals surface area contributed by atoms with Gasteiger partial charge in [-0.2, -0.15) is 0 Å². The SMILES string of the molecule is COC(C)(C)CNCc1cccc(C)n1. The molecule has 1 aromatic rings. The van der Waals surface area contributed by atoms with Crippen molar-refractivity contribution in [2.45, 2.75) is 32.9 Å². The third kappa shape index (κ3) is 4.40. The van der Waals surface area contributed by atoms with Crippen molar-refractivity contribution in [2.75, 3.05) is 13.7 Å². The fraction of sp³-hybridized carbons (Fsp3) is 0.583. The summed E-state index contributed by atoms with van der Waals surface area (Å²) in [6.07, 6.45) is 0. The van der Waals surface area contributed by atoms with Crippen LogP contribution in [-0.4, -0.2) is 24.2 Å². The first-order valence-corrected chi connectivity index (χ1v) is 5.22. The fourth-order valence-corrected chi connectivity index (χ4v) is 1.26. The minimum absolute atomic E-state index is 0.121. The normalized spacial score (nSPS) is 11.7. The molecule has 1 aromatic heterocycles. The molecule has 0 aliphatic carbocycles. The maximum Gasteiger partial charge on any atom is 0.0746 e. The second kappa shape index (κ2) is 5.24. The number of nitrogens with one attached hydrogen (secondary N) is 1. The molecule has 0 aromatic carbocycles. The second-order valence-corrected chi connectivity index (χ2v) is 4.34. The lowest BCUT2D eigenvalue weighted by Gasteiger charge is -2.23. The van der Waals surface area contributed by atoms with Crippen molar-refractivity contribution in [3.05, 3.63) is 29.6 Å². The first-order chi connectivity index (χ1) is 7.03. The van der Waals surface area contributed by atoms with Crippen LogP contribution >= 0.6 is 0 Å². The highest BCUT2D eigenvalue weighted by Gasteiger charge is 2.14. The van der Waals surface area contributed by atoms with Crippen LogP contribution in [0.1, 0.15) is 25.2 Å². The van der Waals surface area contributed by atoms with E-state index in [-0.39, 0.29) is 5.60 Å². The number of rotatable bonds is 5. The van der Waals surface area contributed by atoms with Gasteiger partial charge in [0.05, 0.1) is 11.3 Å². The van der Waals surface area contributed by atoms with Crippen molar-refractivity contribution in [3.8, 4) is 0 Å². The number of aromatic nitrogens is 1. The van der Waals surface area contributed by atoms with E-state index < -0.39 is 0 Å². The molecule has 0 unspecified atom stereocenters. The van der Waals surface area contributed by atoms with E-state index in [1.807, 2.05) is 25.1 Å². The van der Waals surface area contributed by atoms with Crippen molar-refractivity contribution in [3.63, 3.8) is 0 Å². The van der Waals surface area contributed by atoms with Crippen LogP contribution in [0.4, 0.5) is 0 Å². The van der Waals surface area contributed by atoms with Crippen LogP contribution in [0.5, 0.6) is 0 Å². The quantitative estimate of drug-likeness (QED) is 0.802. The number of ether oxygens (including phenoxy) is 1. The van der Waals surface area contributed by atoms with Gasteiger partial charge in [-0.3, -0.25) is 4.98 Å². The minimum atomic E-state index is -0.121. The summed E-state index contributed by atoms with van der Waals surface area (Å²) in [6, 6.07) is 6.06. The van der Waals surface area contributed by atoms with E-state index in [1.165, 1.54) is 0 Å². The smallest absolute Gasteiger partial charge is 0.0746 e. The fourth-order valence-electron chi connectivity index (χ4n) is 1.26. The molecule has 3 nitrogen and oxygen atoms in total. The summed E-state index contributed by atoms with van der Waals surface area (Å²) in [5.41, 5.74) is 2.01. The van der Waals surface area contributed by atoms with Crippen LogP contribution in [0.15, 0.2) is 18.2 Å². The van der Waals surface area contributed by atoms with Gasteiger partial charge < -0.3 is 10.1 Å². The summed E-state index contributed by atoms with van der Waals surface area (Å²) in [7, 11) is 1.73. The second-order valence-electron chi connectivity index (χ2n) is 4.34. The molecule has 0 atom stereocenters. The van der Waals surface area contributed by atoms with E-state index in [1.54, 1.807) is 7.11 Å². The van der Waals surface area contributed by atoms with Crippen LogP contribution < -0.4 is 5.32 Å². The Morgan fingerprint density at radius 3 is 2.73 bits per heavy atom. The molecular weight excluding hydrogens is 188 g/mol. The van der Waals surface area contributed by atoms with Crippen molar-refractivity contribution >= 4 is 0 Å². The van der Waals surface area contributed by atoms with Crippen molar-refractivity contribution in [2.24, 2.45) is 0 Å². The zero-order valence-corrected chi connectivity index (χ0v) is 10.0. The Morgan fingerprint density at radius 2 is 2.13 bits per heavy atom.